The van der Waals surface area contributed by atoms with E-state index < -0.39 is 0 Å². The number of carbonyl (C=O) groups excluding carboxylic acids is 1. The van der Waals surface area contributed by atoms with Crippen molar-refractivity contribution in [3.63, 3.8) is 0 Å². The highest BCUT2D eigenvalue weighted by Gasteiger charge is 2.43. The Morgan fingerprint density at radius 2 is 1.96 bits per heavy atom. The van der Waals surface area contributed by atoms with E-state index in [1.807, 2.05) is 18.5 Å². The molecule has 0 unspecified atom stereocenters. The van der Waals surface area contributed by atoms with Crippen LogP contribution in [0.5, 0.6) is 0 Å². The van der Waals surface area contributed by atoms with Crippen LogP contribution in [0, 0.1) is 5.41 Å². The summed E-state index contributed by atoms with van der Waals surface area (Å²) in [7, 11) is 0. The van der Waals surface area contributed by atoms with Crippen molar-refractivity contribution >= 4 is 23.5 Å². The largest absolute Gasteiger partial charge is 0.356 e. The standard InChI is InChI=1S/C19H28N4OS/c1-25-18-20-11-7-16(21-18)22-12-9-19(10-13-22)8-6-17(24)23(14-19)15-4-2-3-5-15/h7,11,15H,2-6,8-10,12-14H2,1H3. The molecule has 5 nitrogen and oxygen atoms in total. The van der Waals surface area contributed by atoms with Gasteiger partial charge in [-0.2, -0.15) is 0 Å². The predicted octanol–water partition coefficient (Wildman–Crippen LogP) is 3.35. The van der Waals surface area contributed by atoms with Crippen molar-refractivity contribution in [2.75, 3.05) is 30.8 Å². The van der Waals surface area contributed by atoms with Crippen molar-refractivity contribution in [2.24, 2.45) is 5.41 Å². The smallest absolute Gasteiger partial charge is 0.222 e. The van der Waals surface area contributed by atoms with Gasteiger partial charge in [0, 0.05) is 38.3 Å². The number of amides is 1. The fraction of sp³-hybridized carbons (Fsp3) is 0.737. The van der Waals surface area contributed by atoms with Gasteiger partial charge in [-0.3, -0.25) is 4.79 Å². The number of likely N-dealkylation sites (tertiary alicyclic amines) is 1. The van der Waals surface area contributed by atoms with E-state index in [-0.39, 0.29) is 0 Å². The van der Waals surface area contributed by atoms with Crippen molar-refractivity contribution in [1.82, 2.24) is 14.9 Å². The molecule has 25 heavy (non-hydrogen) atoms. The van der Waals surface area contributed by atoms with Crippen LogP contribution in [0.2, 0.25) is 0 Å². The van der Waals surface area contributed by atoms with Gasteiger partial charge in [0.15, 0.2) is 5.16 Å². The summed E-state index contributed by atoms with van der Waals surface area (Å²) >= 11 is 1.59. The summed E-state index contributed by atoms with van der Waals surface area (Å²) in [5.74, 6) is 1.45. The molecule has 0 aromatic carbocycles. The molecule has 6 heteroatoms. The molecule has 2 aliphatic heterocycles. The van der Waals surface area contributed by atoms with E-state index >= 15 is 0 Å². The zero-order valence-electron chi connectivity index (χ0n) is 15.1. The number of thioether (sulfide) groups is 1. The van der Waals surface area contributed by atoms with E-state index in [1.54, 1.807) is 11.8 Å². The van der Waals surface area contributed by atoms with Crippen molar-refractivity contribution in [2.45, 2.75) is 62.6 Å². The van der Waals surface area contributed by atoms with Crippen molar-refractivity contribution in [3.05, 3.63) is 12.3 Å². The third-order valence-corrected chi connectivity index (χ3v) is 6.97. The fourth-order valence-electron chi connectivity index (χ4n) is 4.82. The molecule has 3 fully saturated rings. The third-order valence-electron chi connectivity index (χ3n) is 6.41. The van der Waals surface area contributed by atoms with Gasteiger partial charge in [0.25, 0.3) is 0 Å². The lowest BCUT2D eigenvalue weighted by atomic mass is 9.72. The lowest BCUT2D eigenvalue weighted by Crippen LogP contribution is -2.54. The average molecular weight is 361 g/mol. The second-order valence-electron chi connectivity index (χ2n) is 7.85. The van der Waals surface area contributed by atoms with E-state index in [0.29, 0.717) is 17.4 Å². The molecule has 0 atom stereocenters. The molecule has 3 heterocycles. The second-order valence-corrected chi connectivity index (χ2v) is 8.62. The Morgan fingerprint density at radius 3 is 2.68 bits per heavy atom. The van der Waals surface area contributed by atoms with Crippen LogP contribution >= 0.6 is 11.8 Å². The Balaban J connectivity index is 1.42. The van der Waals surface area contributed by atoms with E-state index in [1.165, 1.54) is 38.5 Å². The quantitative estimate of drug-likeness (QED) is 0.611. The summed E-state index contributed by atoms with van der Waals surface area (Å²) in [5, 5.41) is 0.841. The van der Waals surface area contributed by atoms with Crippen molar-refractivity contribution in [1.29, 1.82) is 0 Å². The van der Waals surface area contributed by atoms with Crippen LogP contribution in [0.4, 0.5) is 5.82 Å². The van der Waals surface area contributed by atoms with Gasteiger partial charge >= 0.3 is 0 Å². The first-order valence-corrected chi connectivity index (χ1v) is 10.8. The average Bonchev–Trinajstić information content (AvgIpc) is 3.19. The first-order chi connectivity index (χ1) is 12.2. The van der Waals surface area contributed by atoms with Crippen LogP contribution in [0.25, 0.3) is 0 Å². The van der Waals surface area contributed by atoms with Crippen LogP contribution in [0.15, 0.2) is 17.4 Å². The molecule has 0 bridgehead atoms. The van der Waals surface area contributed by atoms with Crippen LogP contribution < -0.4 is 4.90 Å². The minimum Gasteiger partial charge on any atom is -0.356 e. The molecule has 1 saturated carbocycles. The molecule has 1 spiro atoms. The molecule has 136 valence electrons. The third kappa shape index (κ3) is 3.50. The summed E-state index contributed by atoms with van der Waals surface area (Å²) in [4.78, 5) is 26.0. The van der Waals surface area contributed by atoms with Gasteiger partial charge < -0.3 is 9.80 Å². The number of carbonyl (C=O) groups is 1. The normalized spacial score (nSPS) is 24.3. The van der Waals surface area contributed by atoms with Gasteiger partial charge in [0.2, 0.25) is 5.91 Å². The zero-order valence-corrected chi connectivity index (χ0v) is 15.9. The monoisotopic (exact) mass is 360 g/mol. The summed E-state index contributed by atoms with van der Waals surface area (Å²) in [5.41, 5.74) is 0.336. The number of rotatable bonds is 3. The molecule has 2 saturated heterocycles. The zero-order chi connectivity index (χ0) is 17.3. The highest BCUT2D eigenvalue weighted by molar-refractivity contribution is 7.98. The highest BCUT2D eigenvalue weighted by Crippen LogP contribution is 2.42. The van der Waals surface area contributed by atoms with Gasteiger partial charge in [-0.15, -0.1) is 0 Å². The molecule has 1 aromatic heterocycles. The summed E-state index contributed by atoms with van der Waals surface area (Å²) < 4.78 is 0. The molecular formula is C19H28N4OS. The Kier molecular flexibility index (Phi) is 4.89. The Hall–Kier alpha value is -1.30. The van der Waals surface area contributed by atoms with E-state index in [4.69, 9.17) is 0 Å². The first-order valence-electron chi connectivity index (χ1n) is 9.61. The molecule has 4 rings (SSSR count). The second kappa shape index (κ2) is 7.14. The van der Waals surface area contributed by atoms with E-state index in [0.717, 1.165) is 43.5 Å². The molecule has 3 aliphatic rings. The molecule has 1 aromatic rings. The van der Waals surface area contributed by atoms with Gasteiger partial charge in [-0.25, -0.2) is 9.97 Å². The maximum absolute atomic E-state index is 12.5. The minimum atomic E-state index is 0.336. The van der Waals surface area contributed by atoms with Crippen LogP contribution in [-0.2, 0) is 4.79 Å². The number of hydrogen-bond acceptors (Lipinski definition) is 5. The predicted molar refractivity (Wildman–Crippen MR) is 101 cm³/mol. The van der Waals surface area contributed by atoms with E-state index in [2.05, 4.69) is 19.8 Å². The minimum absolute atomic E-state index is 0.336. The van der Waals surface area contributed by atoms with Crippen LogP contribution in [-0.4, -0.2) is 52.7 Å². The maximum Gasteiger partial charge on any atom is 0.222 e. The van der Waals surface area contributed by atoms with Gasteiger partial charge in [-0.05, 0) is 49.8 Å². The number of anilines is 1. The van der Waals surface area contributed by atoms with Crippen LogP contribution in [0.3, 0.4) is 0 Å². The molecule has 0 N–H and O–H groups in total. The Labute approximate surface area is 154 Å². The number of aromatic nitrogens is 2. The molecule has 1 aliphatic carbocycles. The maximum atomic E-state index is 12.5. The molecular weight excluding hydrogens is 332 g/mol. The first kappa shape index (κ1) is 17.1. The SMILES string of the molecule is CSc1nccc(N2CCC3(CCC(=O)N(C4CCCC4)C3)CC2)n1. The molecule has 1 amide bonds. The Bertz CT molecular complexity index is 624. The molecule has 0 radical (unpaired) electrons. The van der Waals surface area contributed by atoms with Crippen LogP contribution in [0.1, 0.15) is 51.4 Å². The van der Waals surface area contributed by atoms with Gasteiger partial charge in [-0.1, -0.05) is 24.6 Å². The highest BCUT2D eigenvalue weighted by atomic mass is 32.2. The number of piperidine rings is 2. The topological polar surface area (TPSA) is 49.3 Å². The lowest BCUT2D eigenvalue weighted by Gasteiger charge is -2.49. The summed E-state index contributed by atoms with van der Waals surface area (Å²) in [6.07, 6.45) is 13.0. The summed E-state index contributed by atoms with van der Waals surface area (Å²) in [6, 6.07) is 2.54. The number of hydrogen-bond donors (Lipinski definition) is 0. The lowest BCUT2D eigenvalue weighted by molar-refractivity contribution is -0.141. The van der Waals surface area contributed by atoms with Gasteiger partial charge in [0.05, 0.1) is 0 Å². The fourth-order valence-corrected chi connectivity index (χ4v) is 5.17. The van der Waals surface area contributed by atoms with Gasteiger partial charge in [0.1, 0.15) is 5.82 Å². The summed E-state index contributed by atoms with van der Waals surface area (Å²) in [6.45, 7) is 3.07. The van der Waals surface area contributed by atoms with Crippen molar-refractivity contribution < 1.29 is 4.79 Å². The Morgan fingerprint density at radius 1 is 1.20 bits per heavy atom. The number of nitrogens with zero attached hydrogens (tertiary/aromatic N) is 4. The van der Waals surface area contributed by atoms with Crippen molar-refractivity contribution in [3.8, 4) is 0 Å². The van der Waals surface area contributed by atoms with E-state index in [9.17, 15) is 4.79 Å².